The van der Waals surface area contributed by atoms with Crippen LogP contribution in [0.25, 0.3) is 0 Å². The lowest BCUT2D eigenvalue weighted by molar-refractivity contribution is 0.908. The molecule has 0 saturated heterocycles. The highest BCUT2D eigenvalue weighted by Crippen LogP contribution is 1.99. The molecule has 0 aliphatic heterocycles. The molecule has 32 valence electrons. The SMILES string of the molecule is CCC(C)P. The van der Waals surface area contributed by atoms with Crippen LogP contribution < -0.4 is 0 Å². The number of hydrogen-bond acceptors (Lipinski definition) is 0. The maximum absolute atomic E-state index is 2.73. The van der Waals surface area contributed by atoms with E-state index in [1.54, 1.807) is 0 Å². The molecule has 0 nitrogen and oxygen atoms in total. The van der Waals surface area contributed by atoms with E-state index in [0.29, 0.717) is 0 Å². The quantitative estimate of drug-likeness (QED) is 0.429. The van der Waals surface area contributed by atoms with E-state index in [-0.39, 0.29) is 0 Å². The van der Waals surface area contributed by atoms with Gasteiger partial charge in [0.2, 0.25) is 0 Å². The first kappa shape index (κ1) is 5.43. The van der Waals surface area contributed by atoms with E-state index in [0.717, 1.165) is 5.66 Å². The Morgan fingerprint density at radius 1 is 1.80 bits per heavy atom. The van der Waals surface area contributed by atoms with Crippen molar-refractivity contribution in [1.82, 2.24) is 0 Å². The number of rotatable bonds is 1. The summed E-state index contributed by atoms with van der Waals surface area (Å²) in [5.41, 5.74) is 0.801. The highest BCUT2D eigenvalue weighted by atomic mass is 31.0. The molecule has 0 bridgehead atoms. The topological polar surface area (TPSA) is 0 Å². The second-order valence-electron chi connectivity index (χ2n) is 1.39. The molecule has 0 aromatic rings. The first-order valence-electron chi connectivity index (χ1n) is 2.03. The zero-order valence-electron chi connectivity index (χ0n) is 3.86. The molecule has 2 unspecified atom stereocenters. The third kappa shape index (κ3) is 4.43. The largest absolute Gasteiger partial charge is 0.135 e. The average molecular weight is 90.1 g/mol. The van der Waals surface area contributed by atoms with Crippen LogP contribution in [0, 0.1) is 0 Å². The first-order chi connectivity index (χ1) is 2.27. The van der Waals surface area contributed by atoms with Gasteiger partial charge in [-0.25, -0.2) is 0 Å². The summed E-state index contributed by atoms with van der Waals surface area (Å²) in [7, 11) is 2.73. The van der Waals surface area contributed by atoms with E-state index in [1.165, 1.54) is 6.42 Å². The molecular formula is C4H11P. The lowest BCUT2D eigenvalue weighted by Gasteiger charge is -1.90. The molecule has 0 N–H and O–H groups in total. The Kier molecular flexibility index (Phi) is 2.88. The molecule has 0 radical (unpaired) electrons. The Labute approximate surface area is 36.2 Å². The summed E-state index contributed by atoms with van der Waals surface area (Å²) >= 11 is 0. The average Bonchev–Trinajstić information content (AvgIpc) is 1.38. The minimum atomic E-state index is 0.801. The molecule has 0 spiro atoms. The van der Waals surface area contributed by atoms with Crippen molar-refractivity contribution in [3.63, 3.8) is 0 Å². The Morgan fingerprint density at radius 2 is 2.00 bits per heavy atom. The molecule has 0 aliphatic carbocycles. The first-order valence-corrected chi connectivity index (χ1v) is 2.69. The van der Waals surface area contributed by atoms with E-state index in [4.69, 9.17) is 0 Å². The van der Waals surface area contributed by atoms with Gasteiger partial charge in [0.05, 0.1) is 0 Å². The van der Waals surface area contributed by atoms with Gasteiger partial charge < -0.3 is 0 Å². The van der Waals surface area contributed by atoms with E-state index in [1.807, 2.05) is 0 Å². The predicted molar refractivity (Wildman–Crippen MR) is 29.5 cm³/mol. The van der Waals surface area contributed by atoms with Crippen LogP contribution in [0.4, 0.5) is 0 Å². The van der Waals surface area contributed by atoms with Crippen molar-refractivity contribution >= 4 is 9.24 Å². The lowest BCUT2D eigenvalue weighted by Crippen LogP contribution is -1.80. The van der Waals surface area contributed by atoms with Gasteiger partial charge >= 0.3 is 0 Å². The Morgan fingerprint density at radius 3 is 2.00 bits per heavy atom. The third-order valence-corrected chi connectivity index (χ3v) is 1.12. The molecule has 0 amide bonds. The van der Waals surface area contributed by atoms with Crippen LogP contribution in [0.3, 0.4) is 0 Å². The molecule has 2 atom stereocenters. The molecule has 0 rings (SSSR count). The van der Waals surface area contributed by atoms with Gasteiger partial charge in [0, 0.05) is 0 Å². The molecule has 0 heterocycles. The zero-order valence-corrected chi connectivity index (χ0v) is 5.02. The van der Waals surface area contributed by atoms with Crippen LogP contribution in [-0.2, 0) is 0 Å². The minimum Gasteiger partial charge on any atom is -0.135 e. The van der Waals surface area contributed by atoms with Gasteiger partial charge in [-0.15, -0.1) is 9.24 Å². The normalized spacial score (nSPS) is 15.0. The highest BCUT2D eigenvalue weighted by molar-refractivity contribution is 7.17. The zero-order chi connectivity index (χ0) is 4.28. The molecule has 0 aromatic carbocycles. The molecule has 0 saturated carbocycles. The molecule has 0 fully saturated rings. The smallest absolute Gasteiger partial charge is 0.0295 e. The summed E-state index contributed by atoms with van der Waals surface area (Å²) in [5, 5.41) is 0. The summed E-state index contributed by atoms with van der Waals surface area (Å²) in [5.74, 6) is 0. The lowest BCUT2D eigenvalue weighted by atomic mass is 10.4. The Balaban J connectivity index is 2.54. The fraction of sp³-hybridized carbons (Fsp3) is 1.00. The van der Waals surface area contributed by atoms with Gasteiger partial charge in [-0.3, -0.25) is 0 Å². The van der Waals surface area contributed by atoms with Crippen molar-refractivity contribution in [3.8, 4) is 0 Å². The fourth-order valence-corrected chi connectivity index (χ4v) is 0. The molecule has 0 aromatic heterocycles. The van der Waals surface area contributed by atoms with Crippen molar-refractivity contribution in [3.05, 3.63) is 0 Å². The van der Waals surface area contributed by atoms with E-state index in [2.05, 4.69) is 23.1 Å². The summed E-state index contributed by atoms with van der Waals surface area (Å²) in [6.45, 7) is 4.36. The van der Waals surface area contributed by atoms with Crippen LogP contribution >= 0.6 is 9.24 Å². The molecule has 0 aliphatic rings. The molecule has 5 heavy (non-hydrogen) atoms. The van der Waals surface area contributed by atoms with Crippen molar-refractivity contribution in [1.29, 1.82) is 0 Å². The van der Waals surface area contributed by atoms with Crippen LogP contribution in [0.2, 0.25) is 0 Å². The second kappa shape index (κ2) is 2.66. The summed E-state index contributed by atoms with van der Waals surface area (Å²) in [6, 6.07) is 0. The van der Waals surface area contributed by atoms with Gasteiger partial charge in [0.15, 0.2) is 0 Å². The van der Waals surface area contributed by atoms with Crippen LogP contribution in [0.5, 0.6) is 0 Å². The van der Waals surface area contributed by atoms with Crippen LogP contribution in [0.15, 0.2) is 0 Å². The Hall–Kier alpha value is 0.430. The van der Waals surface area contributed by atoms with Crippen molar-refractivity contribution < 1.29 is 0 Å². The highest BCUT2D eigenvalue weighted by Gasteiger charge is 1.80. The van der Waals surface area contributed by atoms with E-state index < -0.39 is 0 Å². The second-order valence-corrected chi connectivity index (χ2v) is 2.52. The van der Waals surface area contributed by atoms with Crippen LogP contribution in [0.1, 0.15) is 20.3 Å². The van der Waals surface area contributed by atoms with Crippen molar-refractivity contribution in [2.45, 2.75) is 25.9 Å². The summed E-state index contributed by atoms with van der Waals surface area (Å²) in [6.07, 6.45) is 1.27. The van der Waals surface area contributed by atoms with Crippen molar-refractivity contribution in [2.75, 3.05) is 0 Å². The molecular weight excluding hydrogens is 79.0 g/mol. The third-order valence-electron chi connectivity index (χ3n) is 0.644. The van der Waals surface area contributed by atoms with E-state index >= 15 is 0 Å². The monoisotopic (exact) mass is 90.1 g/mol. The van der Waals surface area contributed by atoms with Gasteiger partial charge in [-0.1, -0.05) is 20.3 Å². The van der Waals surface area contributed by atoms with Gasteiger partial charge in [0.1, 0.15) is 0 Å². The Bertz CT molecular complexity index is 17.6. The predicted octanol–water partition coefficient (Wildman–Crippen LogP) is 1.66. The van der Waals surface area contributed by atoms with E-state index in [9.17, 15) is 0 Å². The van der Waals surface area contributed by atoms with Gasteiger partial charge in [-0.05, 0) is 5.66 Å². The summed E-state index contributed by atoms with van der Waals surface area (Å²) < 4.78 is 0. The van der Waals surface area contributed by atoms with Gasteiger partial charge in [0.25, 0.3) is 0 Å². The maximum Gasteiger partial charge on any atom is -0.0295 e. The minimum absolute atomic E-state index is 0.801. The van der Waals surface area contributed by atoms with Crippen LogP contribution in [-0.4, -0.2) is 5.66 Å². The summed E-state index contributed by atoms with van der Waals surface area (Å²) in [4.78, 5) is 0. The van der Waals surface area contributed by atoms with Crippen molar-refractivity contribution in [2.24, 2.45) is 0 Å². The maximum atomic E-state index is 2.73. The molecule has 1 heteroatoms. The van der Waals surface area contributed by atoms with Gasteiger partial charge in [-0.2, -0.15) is 0 Å². The standard InChI is InChI=1S/C4H11P/c1-3-4(2)5/h4H,3,5H2,1-2H3. The number of hydrogen-bond donors (Lipinski definition) is 0. The fourth-order valence-electron chi connectivity index (χ4n) is 0.